The van der Waals surface area contributed by atoms with Gasteiger partial charge in [-0.25, -0.2) is 8.42 Å². The molecule has 1 N–H and O–H groups in total. The van der Waals surface area contributed by atoms with Crippen LogP contribution in [-0.2, 0) is 26.0 Å². The molecule has 10 heteroatoms. The van der Waals surface area contributed by atoms with Gasteiger partial charge < -0.3 is 15.0 Å². The number of benzene rings is 2. The molecule has 0 radical (unpaired) electrons. The third-order valence-electron chi connectivity index (χ3n) is 6.71. The molecule has 8 nitrogen and oxygen atoms in total. The van der Waals surface area contributed by atoms with E-state index >= 15 is 0 Å². The predicted octanol–water partition coefficient (Wildman–Crippen LogP) is 4.02. The fourth-order valence-corrected chi connectivity index (χ4v) is 5.66. The maximum atomic E-state index is 13.6. The van der Waals surface area contributed by atoms with E-state index in [2.05, 4.69) is 5.32 Å². The number of rotatable bonds is 11. The van der Waals surface area contributed by atoms with Crippen LogP contribution in [0.2, 0.25) is 5.02 Å². The molecule has 0 aliphatic heterocycles. The topological polar surface area (TPSA) is 96.0 Å². The molecule has 1 saturated carbocycles. The van der Waals surface area contributed by atoms with Gasteiger partial charge in [-0.1, -0.05) is 61.2 Å². The van der Waals surface area contributed by atoms with Crippen molar-refractivity contribution in [3.63, 3.8) is 0 Å². The number of nitrogens with one attached hydrogen (secondary N) is 1. The van der Waals surface area contributed by atoms with Crippen molar-refractivity contribution in [1.29, 1.82) is 0 Å². The number of nitrogens with zero attached hydrogens (tertiary/aromatic N) is 2. The Morgan fingerprint density at radius 3 is 2.38 bits per heavy atom. The van der Waals surface area contributed by atoms with E-state index in [0.717, 1.165) is 41.8 Å². The molecule has 1 aliphatic carbocycles. The van der Waals surface area contributed by atoms with Gasteiger partial charge in [0.15, 0.2) is 0 Å². The number of amides is 2. The van der Waals surface area contributed by atoms with Crippen molar-refractivity contribution < 1.29 is 22.7 Å². The molecule has 0 spiro atoms. The molecule has 0 aromatic heterocycles. The molecule has 2 amide bonds. The second kappa shape index (κ2) is 13.1. The Balaban J connectivity index is 1.83. The first-order chi connectivity index (χ1) is 17.6. The minimum atomic E-state index is -3.83. The number of carbonyl (C=O) groups excluding carboxylic acids is 2. The average Bonchev–Trinajstić information content (AvgIpc) is 2.87. The van der Waals surface area contributed by atoms with E-state index in [0.29, 0.717) is 12.2 Å². The summed E-state index contributed by atoms with van der Waals surface area (Å²) < 4.78 is 31.6. The smallest absolute Gasteiger partial charge is 0.244 e. The van der Waals surface area contributed by atoms with Crippen molar-refractivity contribution in [1.82, 2.24) is 10.2 Å². The van der Waals surface area contributed by atoms with Crippen LogP contribution in [0.4, 0.5) is 5.69 Å². The van der Waals surface area contributed by atoms with E-state index < -0.39 is 28.5 Å². The van der Waals surface area contributed by atoms with Crippen LogP contribution in [0.1, 0.15) is 44.6 Å². The largest absolute Gasteiger partial charge is 0.495 e. The number of halogens is 1. The van der Waals surface area contributed by atoms with E-state index in [9.17, 15) is 18.0 Å². The molecule has 1 fully saturated rings. The van der Waals surface area contributed by atoms with Gasteiger partial charge in [0.25, 0.3) is 0 Å². The molecule has 2 aromatic carbocycles. The number of hydrogen-bond acceptors (Lipinski definition) is 5. The summed E-state index contributed by atoms with van der Waals surface area (Å²) in [6, 6.07) is 13.5. The monoisotopic (exact) mass is 549 g/mol. The Bertz CT molecular complexity index is 1170. The SMILES string of the molecule is COc1ccc(N(CC(=O)N(CCc2ccccc2)C(C)C(=O)NC2CCCCC2)S(C)(=O)=O)cc1Cl. The van der Waals surface area contributed by atoms with Crippen molar-refractivity contribution >= 4 is 39.1 Å². The van der Waals surface area contributed by atoms with Gasteiger partial charge in [0.05, 0.1) is 24.1 Å². The summed E-state index contributed by atoms with van der Waals surface area (Å²) in [6.07, 6.45) is 6.73. The molecule has 3 rings (SSSR count). The fourth-order valence-electron chi connectivity index (χ4n) is 4.56. The normalized spacial score (nSPS) is 15.0. The maximum Gasteiger partial charge on any atom is 0.244 e. The lowest BCUT2D eigenvalue weighted by Gasteiger charge is -2.33. The molecule has 0 bridgehead atoms. The van der Waals surface area contributed by atoms with Crippen molar-refractivity contribution in [3.8, 4) is 5.75 Å². The molecule has 1 unspecified atom stereocenters. The molecule has 0 saturated heterocycles. The maximum absolute atomic E-state index is 13.6. The summed E-state index contributed by atoms with van der Waals surface area (Å²) in [4.78, 5) is 28.3. The standard InChI is InChI=1S/C27H36ClN3O5S/c1-20(27(33)29-22-12-8-5-9-13-22)30(17-16-21-10-6-4-7-11-21)26(32)19-31(37(3,34)35)23-14-15-25(36-2)24(28)18-23/h4,6-7,10-11,14-15,18,20,22H,5,8-9,12-13,16-17,19H2,1-3H3,(H,29,33). The van der Waals surface area contributed by atoms with Gasteiger partial charge in [-0.05, 0) is 49.9 Å². The molecular weight excluding hydrogens is 514 g/mol. The van der Waals surface area contributed by atoms with Gasteiger partial charge in [0.1, 0.15) is 18.3 Å². The first-order valence-electron chi connectivity index (χ1n) is 12.5. The molecule has 0 heterocycles. The molecule has 1 aliphatic rings. The van der Waals surface area contributed by atoms with Gasteiger partial charge in [-0.15, -0.1) is 0 Å². The summed E-state index contributed by atoms with van der Waals surface area (Å²) in [5.41, 5.74) is 1.26. The third-order valence-corrected chi connectivity index (χ3v) is 8.14. The number of carbonyl (C=O) groups is 2. The second-order valence-electron chi connectivity index (χ2n) is 9.43. The Labute approximate surface area is 225 Å². The van der Waals surface area contributed by atoms with Crippen molar-refractivity contribution in [3.05, 3.63) is 59.1 Å². The average molecular weight is 550 g/mol. The van der Waals surface area contributed by atoms with Crippen molar-refractivity contribution in [2.24, 2.45) is 0 Å². The van der Waals surface area contributed by atoms with Crippen molar-refractivity contribution in [2.45, 2.75) is 57.5 Å². The van der Waals surface area contributed by atoms with E-state index in [4.69, 9.17) is 16.3 Å². The van der Waals surface area contributed by atoms with Gasteiger partial charge in [0, 0.05) is 12.6 Å². The summed E-state index contributed by atoms with van der Waals surface area (Å²) >= 11 is 6.23. The lowest BCUT2D eigenvalue weighted by atomic mass is 9.95. The second-order valence-corrected chi connectivity index (χ2v) is 11.7. The van der Waals surface area contributed by atoms with Crippen LogP contribution in [0.5, 0.6) is 5.75 Å². The number of hydrogen-bond donors (Lipinski definition) is 1. The highest BCUT2D eigenvalue weighted by Gasteiger charge is 2.31. The highest BCUT2D eigenvalue weighted by molar-refractivity contribution is 7.92. The lowest BCUT2D eigenvalue weighted by Crippen LogP contribution is -2.53. The van der Waals surface area contributed by atoms with Crippen LogP contribution in [0.25, 0.3) is 0 Å². The fraction of sp³-hybridized carbons (Fsp3) is 0.481. The molecule has 2 aromatic rings. The Kier molecular flexibility index (Phi) is 10.2. The Morgan fingerprint density at radius 1 is 1.11 bits per heavy atom. The van der Waals surface area contributed by atoms with Crippen LogP contribution >= 0.6 is 11.6 Å². The molecule has 37 heavy (non-hydrogen) atoms. The van der Waals surface area contributed by atoms with Crippen LogP contribution < -0.4 is 14.4 Å². The molecular formula is C27H36ClN3O5S. The first-order valence-corrected chi connectivity index (χ1v) is 14.8. The van der Waals surface area contributed by atoms with Crippen LogP contribution in [0, 0.1) is 0 Å². The highest BCUT2D eigenvalue weighted by Crippen LogP contribution is 2.30. The van der Waals surface area contributed by atoms with Gasteiger partial charge in [0.2, 0.25) is 21.8 Å². The van der Waals surface area contributed by atoms with E-state index in [1.165, 1.54) is 30.6 Å². The quantitative estimate of drug-likeness (QED) is 0.456. The van der Waals surface area contributed by atoms with Gasteiger partial charge >= 0.3 is 0 Å². The number of ether oxygens (including phenoxy) is 1. The number of anilines is 1. The summed E-state index contributed by atoms with van der Waals surface area (Å²) in [5.74, 6) is -0.311. The van der Waals surface area contributed by atoms with E-state index in [-0.39, 0.29) is 29.2 Å². The number of methoxy groups -OCH3 is 1. The van der Waals surface area contributed by atoms with Crippen LogP contribution in [0.15, 0.2) is 48.5 Å². The minimum absolute atomic E-state index is 0.101. The third kappa shape index (κ3) is 8.10. The van der Waals surface area contributed by atoms with Crippen LogP contribution in [-0.4, -0.2) is 63.7 Å². The predicted molar refractivity (Wildman–Crippen MR) is 147 cm³/mol. The van der Waals surface area contributed by atoms with Crippen LogP contribution in [0.3, 0.4) is 0 Å². The molecule has 1 atom stereocenters. The molecule has 202 valence electrons. The minimum Gasteiger partial charge on any atom is -0.495 e. The zero-order valence-electron chi connectivity index (χ0n) is 21.7. The summed E-state index contributed by atoms with van der Waals surface area (Å²) in [7, 11) is -2.37. The van der Waals surface area contributed by atoms with E-state index in [1.807, 2.05) is 30.3 Å². The first kappa shape index (κ1) is 28.8. The van der Waals surface area contributed by atoms with Gasteiger partial charge in [-0.3, -0.25) is 13.9 Å². The summed E-state index contributed by atoms with van der Waals surface area (Å²) in [5, 5.41) is 3.32. The lowest BCUT2D eigenvalue weighted by molar-refractivity contribution is -0.139. The Hall–Kier alpha value is -2.78. The highest BCUT2D eigenvalue weighted by atomic mass is 35.5. The van der Waals surface area contributed by atoms with Crippen molar-refractivity contribution in [2.75, 3.05) is 30.8 Å². The van der Waals surface area contributed by atoms with E-state index in [1.54, 1.807) is 13.0 Å². The van der Waals surface area contributed by atoms with Gasteiger partial charge in [-0.2, -0.15) is 0 Å². The number of sulfonamides is 1. The zero-order valence-corrected chi connectivity index (χ0v) is 23.2. The summed E-state index contributed by atoms with van der Waals surface area (Å²) in [6.45, 7) is 1.50. The Morgan fingerprint density at radius 2 is 1.78 bits per heavy atom. The zero-order chi connectivity index (χ0) is 27.0.